The summed E-state index contributed by atoms with van der Waals surface area (Å²) in [4.78, 5) is 2.33. The van der Waals surface area contributed by atoms with E-state index in [2.05, 4.69) is 9.62 Å². The van der Waals surface area contributed by atoms with Gasteiger partial charge in [-0.2, -0.15) is 11.8 Å². The SMILES string of the molecule is Cc1cc(F)ccc1S(=O)(=O)NCC(c1ccco1)N1CCSCC1. The normalized spacial score (nSPS) is 17.5. The fourth-order valence-corrected chi connectivity index (χ4v) is 5.15. The lowest BCUT2D eigenvalue weighted by Gasteiger charge is -2.33. The number of benzene rings is 1. The molecule has 1 aliphatic rings. The van der Waals surface area contributed by atoms with E-state index in [4.69, 9.17) is 4.42 Å². The van der Waals surface area contributed by atoms with Crippen LogP contribution in [0.4, 0.5) is 4.39 Å². The van der Waals surface area contributed by atoms with Crippen LogP contribution in [0, 0.1) is 12.7 Å². The Morgan fingerprint density at radius 3 is 2.72 bits per heavy atom. The standard InChI is InChI=1S/C17H21FN2O3S2/c1-13-11-14(18)4-5-17(13)25(21,22)19-12-15(16-3-2-8-23-16)20-6-9-24-10-7-20/h2-5,8,11,15,19H,6-7,9-10,12H2,1H3. The summed E-state index contributed by atoms with van der Waals surface area (Å²) in [5.41, 5.74) is 0.386. The minimum Gasteiger partial charge on any atom is -0.468 e. The van der Waals surface area contributed by atoms with Crippen LogP contribution in [-0.4, -0.2) is 44.5 Å². The molecule has 3 rings (SSSR count). The molecule has 8 heteroatoms. The summed E-state index contributed by atoms with van der Waals surface area (Å²) in [6.07, 6.45) is 1.60. The van der Waals surface area contributed by atoms with Gasteiger partial charge in [-0.1, -0.05) is 0 Å². The summed E-state index contributed by atoms with van der Waals surface area (Å²) in [6, 6.07) is 7.19. The van der Waals surface area contributed by atoms with Gasteiger partial charge in [0.1, 0.15) is 11.6 Å². The van der Waals surface area contributed by atoms with Crippen molar-refractivity contribution < 1.29 is 17.2 Å². The predicted octanol–water partition coefficient (Wildman–Crippen LogP) is 2.80. The molecule has 0 spiro atoms. The lowest BCUT2D eigenvalue weighted by Crippen LogP contribution is -2.42. The first-order valence-corrected chi connectivity index (χ1v) is 10.7. The van der Waals surface area contributed by atoms with Crippen molar-refractivity contribution in [2.24, 2.45) is 0 Å². The van der Waals surface area contributed by atoms with E-state index in [1.54, 1.807) is 19.3 Å². The third kappa shape index (κ3) is 4.44. The second-order valence-corrected chi connectivity index (χ2v) is 8.90. The van der Waals surface area contributed by atoms with Gasteiger partial charge in [-0.05, 0) is 42.8 Å². The number of nitrogens with one attached hydrogen (secondary N) is 1. The van der Waals surface area contributed by atoms with Crippen molar-refractivity contribution >= 4 is 21.8 Å². The Kier molecular flexibility index (Phi) is 5.83. The molecule has 1 aliphatic heterocycles. The van der Waals surface area contributed by atoms with Crippen LogP contribution in [0.3, 0.4) is 0 Å². The summed E-state index contributed by atoms with van der Waals surface area (Å²) in [5.74, 6) is 2.32. The van der Waals surface area contributed by atoms with Crippen LogP contribution < -0.4 is 4.72 Å². The lowest BCUT2D eigenvalue weighted by atomic mass is 10.2. The molecule has 0 saturated carbocycles. The highest BCUT2D eigenvalue weighted by atomic mass is 32.2. The molecule has 0 aliphatic carbocycles. The number of hydrogen-bond acceptors (Lipinski definition) is 5. The number of nitrogens with zero attached hydrogens (tertiary/aromatic N) is 1. The molecule has 0 radical (unpaired) electrons. The average molecular weight is 384 g/mol. The Morgan fingerprint density at radius 1 is 1.32 bits per heavy atom. The summed E-state index contributed by atoms with van der Waals surface area (Å²) in [6.45, 7) is 3.56. The quantitative estimate of drug-likeness (QED) is 0.830. The monoisotopic (exact) mass is 384 g/mol. The molecule has 1 aromatic carbocycles. The van der Waals surface area contributed by atoms with Crippen molar-refractivity contribution in [1.29, 1.82) is 0 Å². The van der Waals surface area contributed by atoms with Crippen molar-refractivity contribution in [3.05, 3.63) is 53.7 Å². The van der Waals surface area contributed by atoms with Crippen LogP contribution in [0.5, 0.6) is 0 Å². The van der Waals surface area contributed by atoms with Gasteiger partial charge in [0.05, 0.1) is 17.2 Å². The molecule has 1 aromatic heterocycles. The molecular weight excluding hydrogens is 363 g/mol. The highest BCUT2D eigenvalue weighted by Gasteiger charge is 2.27. The van der Waals surface area contributed by atoms with E-state index in [1.165, 1.54) is 12.1 Å². The van der Waals surface area contributed by atoms with Gasteiger partial charge in [0.25, 0.3) is 0 Å². The Hall–Kier alpha value is -1.35. The maximum atomic E-state index is 13.2. The van der Waals surface area contributed by atoms with Crippen LogP contribution in [0.2, 0.25) is 0 Å². The summed E-state index contributed by atoms with van der Waals surface area (Å²) in [5, 5.41) is 0. The first-order valence-electron chi connectivity index (χ1n) is 8.08. The van der Waals surface area contributed by atoms with Crippen LogP contribution >= 0.6 is 11.8 Å². The van der Waals surface area contributed by atoms with Crippen LogP contribution in [-0.2, 0) is 10.0 Å². The molecule has 1 fully saturated rings. The summed E-state index contributed by atoms with van der Waals surface area (Å²) in [7, 11) is -3.72. The first kappa shape index (κ1) is 18.4. The van der Waals surface area contributed by atoms with Crippen LogP contribution in [0.25, 0.3) is 0 Å². The molecule has 1 N–H and O–H groups in total. The van der Waals surface area contributed by atoms with E-state index in [0.29, 0.717) is 5.56 Å². The van der Waals surface area contributed by atoms with E-state index < -0.39 is 15.8 Å². The van der Waals surface area contributed by atoms with E-state index in [0.717, 1.165) is 36.4 Å². The molecule has 25 heavy (non-hydrogen) atoms. The maximum absolute atomic E-state index is 13.2. The Morgan fingerprint density at radius 2 is 2.08 bits per heavy atom. The molecular formula is C17H21FN2O3S2. The van der Waals surface area contributed by atoms with Gasteiger partial charge in [0.2, 0.25) is 10.0 Å². The molecule has 0 amide bonds. The topological polar surface area (TPSA) is 62.6 Å². The molecule has 2 heterocycles. The summed E-state index contributed by atoms with van der Waals surface area (Å²) >= 11 is 1.89. The Bertz CT molecular complexity index is 803. The zero-order valence-corrected chi connectivity index (χ0v) is 15.6. The minimum atomic E-state index is -3.72. The molecule has 5 nitrogen and oxygen atoms in total. The van der Waals surface area contributed by atoms with Gasteiger partial charge in [0.15, 0.2) is 0 Å². The fraction of sp³-hybridized carbons (Fsp3) is 0.412. The largest absolute Gasteiger partial charge is 0.468 e. The van der Waals surface area contributed by atoms with E-state index in [9.17, 15) is 12.8 Å². The van der Waals surface area contributed by atoms with Crippen molar-refractivity contribution in [3.8, 4) is 0 Å². The zero-order valence-electron chi connectivity index (χ0n) is 13.9. The first-order chi connectivity index (χ1) is 12.0. The van der Waals surface area contributed by atoms with Gasteiger partial charge < -0.3 is 4.42 Å². The predicted molar refractivity (Wildman–Crippen MR) is 96.7 cm³/mol. The van der Waals surface area contributed by atoms with E-state index in [1.807, 2.05) is 17.8 Å². The highest BCUT2D eigenvalue weighted by molar-refractivity contribution is 7.99. The second kappa shape index (κ2) is 7.90. The number of aryl methyl sites for hydroxylation is 1. The third-order valence-electron chi connectivity index (χ3n) is 4.25. The molecule has 1 atom stereocenters. The molecule has 2 aromatic rings. The second-order valence-electron chi connectivity index (χ2n) is 5.94. The van der Waals surface area contributed by atoms with E-state index >= 15 is 0 Å². The lowest BCUT2D eigenvalue weighted by molar-refractivity contribution is 0.193. The maximum Gasteiger partial charge on any atom is 0.240 e. The number of hydrogen-bond donors (Lipinski definition) is 1. The van der Waals surface area contributed by atoms with Crippen molar-refractivity contribution in [3.63, 3.8) is 0 Å². The van der Waals surface area contributed by atoms with Crippen molar-refractivity contribution in [1.82, 2.24) is 9.62 Å². The van der Waals surface area contributed by atoms with Gasteiger partial charge >= 0.3 is 0 Å². The fourth-order valence-electron chi connectivity index (χ4n) is 2.96. The molecule has 1 unspecified atom stereocenters. The average Bonchev–Trinajstić information content (AvgIpc) is 3.10. The number of sulfonamides is 1. The van der Waals surface area contributed by atoms with Crippen LogP contribution in [0.15, 0.2) is 45.9 Å². The smallest absolute Gasteiger partial charge is 0.240 e. The highest BCUT2D eigenvalue weighted by Crippen LogP contribution is 2.25. The third-order valence-corrected chi connectivity index (χ3v) is 6.78. The molecule has 1 saturated heterocycles. The number of furan rings is 1. The Balaban J connectivity index is 1.78. The Labute approximate surface area is 151 Å². The van der Waals surface area contributed by atoms with Gasteiger partial charge in [-0.25, -0.2) is 17.5 Å². The molecule has 0 bridgehead atoms. The van der Waals surface area contributed by atoms with Crippen LogP contribution in [0.1, 0.15) is 17.4 Å². The molecule has 136 valence electrons. The van der Waals surface area contributed by atoms with Crippen molar-refractivity contribution in [2.45, 2.75) is 17.9 Å². The van der Waals surface area contributed by atoms with Crippen molar-refractivity contribution in [2.75, 3.05) is 31.1 Å². The van der Waals surface area contributed by atoms with E-state index in [-0.39, 0.29) is 17.5 Å². The van der Waals surface area contributed by atoms with Gasteiger partial charge in [0, 0.05) is 31.1 Å². The van der Waals surface area contributed by atoms with Gasteiger partial charge in [-0.15, -0.1) is 0 Å². The number of thioether (sulfide) groups is 1. The minimum absolute atomic E-state index is 0.0984. The number of rotatable bonds is 6. The van der Waals surface area contributed by atoms with Gasteiger partial charge in [-0.3, -0.25) is 4.90 Å². The number of halogens is 1. The summed E-state index contributed by atoms with van der Waals surface area (Å²) < 4.78 is 46.7. The zero-order chi connectivity index (χ0) is 17.9.